The zero-order valence-electron chi connectivity index (χ0n) is 12.4. The minimum Gasteiger partial charge on any atom is -0.289 e. The summed E-state index contributed by atoms with van der Waals surface area (Å²) < 4.78 is 25.1. The average molecular weight is 315 g/mol. The molecule has 2 rings (SSSR count). The molecule has 0 spiro atoms. The lowest BCUT2D eigenvalue weighted by molar-refractivity contribution is 0.104. The predicted octanol–water partition coefficient (Wildman–Crippen LogP) is 3.26. The van der Waals surface area contributed by atoms with Crippen molar-refractivity contribution in [1.82, 2.24) is 0 Å². The molecule has 0 amide bonds. The van der Waals surface area contributed by atoms with Crippen LogP contribution < -0.4 is 4.72 Å². The van der Waals surface area contributed by atoms with E-state index in [0.717, 1.165) is 17.4 Å². The number of carbonyl (C=O) groups is 1. The normalized spacial score (nSPS) is 11.5. The standard InChI is InChI=1S/C17H17NO3S/c1-13-7-3-4-8-14(13)11-12-17(19)15-9-5-6-10-16(15)18-22(2,20)21/h3-12,18H,1-2H3/b12-11+. The quantitative estimate of drug-likeness (QED) is 0.680. The van der Waals surface area contributed by atoms with Crippen molar-refractivity contribution in [2.75, 3.05) is 11.0 Å². The van der Waals surface area contributed by atoms with Gasteiger partial charge in [0.25, 0.3) is 0 Å². The molecule has 0 aliphatic rings. The highest BCUT2D eigenvalue weighted by Gasteiger charge is 2.11. The van der Waals surface area contributed by atoms with Crippen molar-refractivity contribution < 1.29 is 13.2 Å². The summed E-state index contributed by atoms with van der Waals surface area (Å²) in [7, 11) is -3.43. The van der Waals surface area contributed by atoms with Crippen molar-refractivity contribution in [2.45, 2.75) is 6.92 Å². The first-order chi connectivity index (χ1) is 10.4. The van der Waals surface area contributed by atoms with Crippen molar-refractivity contribution in [3.05, 3.63) is 71.3 Å². The third-order valence-corrected chi connectivity index (χ3v) is 3.68. The highest BCUT2D eigenvalue weighted by Crippen LogP contribution is 2.18. The van der Waals surface area contributed by atoms with E-state index in [1.807, 2.05) is 31.2 Å². The largest absolute Gasteiger partial charge is 0.289 e. The molecule has 5 heteroatoms. The van der Waals surface area contributed by atoms with Crippen LogP contribution in [0.5, 0.6) is 0 Å². The highest BCUT2D eigenvalue weighted by molar-refractivity contribution is 7.92. The number of rotatable bonds is 5. The molecule has 2 aromatic carbocycles. The van der Waals surface area contributed by atoms with Crippen LogP contribution in [-0.2, 0) is 10.0 Å². The molecule has 4 nitrogen and oxygen atoms in total. The fraction of sp³-hybridized carbons (Fsp3) is 0.118. The summed E-state index contributed by atoms with van der Waals surface area (Å²) in [5.41, 5.74) is 2.61. The first-order valence-electron chi connectivity index (χ1n) is 6.72. The second-order valence-corrected chi connectivity index (χ2v) is 6.72. The first kappa shape index (κ1) is 16.0. The fourth-order valence-corrected chi connectivity index (χ4v) is 2.59. The lowest BCUT2D eigenvalue weighted by atomic mass is 10.1. The van der Waals surface area contributed by atoms with Crippen molar-refractivity contribution >= 4 is 27.6 Å². The Bertz CT molecular complexity index is 823. The second kappa shape index (κ2) is 6.58. The van der Waals surface area contributed by atoms with Crippen molar-refractivity contribution in [2.24, 2.45) is 0 Å². The average Bonchev–Trinajstić information content (AvgIpc) is 2.45. The lowest BCUT2D eigenvalue weighted by Gasteiger charge is -2.08. The molecule has 0 atom stereocenters. The maximum atomic E-state index is 12.3. The van der Waals surface area contributed by atoms with Gasteiger partial charge in [0.15, 0.2) is 5.78 Å². The van der Waals surface area contributed by atoms with Crippen molar-refractivity contribution in [1.29, 1.82) is 0 Å². The van der Waals surface area contributed by atoms with Gasteiger partial charge in [-0.05, 0) is 36.3 Å². The SMILES string of the molecule is Cc1ccccc1/C=C/C(=O)c1ccccc1NS(C)(=O)=O. The van der Waals surface area contributed by atoms with E-state index >= 15 is 0 Å². The number of sulfonamides is 1. The molecule has 0 aromatic heterocycles. The Morgan fingerprint density at radius 2 is 1.68 bits per heavy atom. The van der Waals surface area contributed by atoms with E-state index < -0.39 is 10.0 Å². The molecule has 0 fully saturated rings. The molecule has 22 heavy (non-hydrogen) atoms. The minimum atomic E-state index is -3.43. The van der Waals surface area contributed by atoms with E-state index in [9.17, 15) is 13.2 Å². The number of allylic oxidation sites excluding steroid dienone is 1. The molecule has 0 aliphatic carbocycles. The maximum absolute atomic E-state index is 12.3. The van der Waals surface area contributed by atoms with E-state index in [2.05, 4.69) is 4.72 Å². The monoisotopic (exact) mass is 315 g/mol. The van der Waals surface area contributed by atoms with E-state index in [-0.39, 0.29) is 11.5 Å². The molecule has 0 saturated heterocycles. The van der Waals surface area contributed by atoms with Crippen LogP contribution in [0.2, 0.25) is 0 Å². The number of aryl methyl sites for hydroxylation is 1. The summed E-state index contributed by atoms with van der Waals surface area (Å²) in [4.78, 5) is 12.3. The summed E-state index contributed by atoms with van der Waals surface area (Å²) in [6, 6.07) is 14.2. The summed E-state index contributed by atoms with van der Waals surface area (Å²) in [5, 5.41) is 0. The van der Waals surface area contributed by atoms with Gasteiger partial charge in [-0.3, -0.25) is 9.52 Å². The number of para-hydroxylation sites is 1. The van der Waals surface area contributed by atoms with Crippen LogP contribution in [-0.4, -0.2) is 20.5 Å². The first-order valence-corrected chi connectivity index (χ1v) is 8.61. The predicted molar refractivity (Wildman–Crippen MR) is 89.5 cm³/mol. The molecule has 0 heterocycles. The third kappa shape index (κ3) is 4.30. The molecule has 2 aromatic rings. The number of carbonyl (C=O) groups excluding carboxylic acids is 1. The van der Waals surface area contributed by atoms with Gasteiger partial charge in [-0.1, -0.05) is 42.5 Å². The number of hydrogen-bond acceptors (Lipinski definition) is 3. The zero-order valence-corrected chi connectivity index (χ0v) is 13.2. The van der Waals surface area contributed by atoms with E-state index in [0.29, 0.717) is 5.56 Å². The summed E-state index contributed by atoms with van der Waals surface area (Å²) in [6.45, 7) is 1.96. The zero-order chi connectivity index (χ0) is 16.2. The number of hydrogen-bond donors (Lipinski definition) is 1. The smallest absolute Gasteiger partial charge is 0.229 e. The van der Waals surface area contributed by atoms with E-state index in [4.69, 9.17) is 0 Å². The van der Waals surface area contributed by atoms with Crippen LogP contribution in [0.1, 0.15) is 21.5 Å². The molecule has 0 aliphatic heterocycles. The van der Waals surface area contributed by atoms with Crippen LogP contribution in [0.3, 0.4) is 0 Å². The Balaban J connectivity index is 2.29. The Kier molecular flexibility index (Phi) is 4.78. The maximum Gasteiger partial charge on any atom is 0.229 e. The Morgan fingerprint density at radius 3 is 2.36 bits per heavy atom. The molecule has 0 bridgehead atoms. The molecular weight excluding hydrogens is 298 g/mol. The van der Waals surface area contributed by atoms with Crippen LogP contribution in [0.15, 0.2) is 54.6 Å². The summed E-state index contributed by atoms with van der Waals surface area (Å²) >= 11 is 0. The van der Waals surface area contributed by atoms with Gasteiger partial charge in [0.2, 0.25) is 10.0 Å². The van der Waals surface area contributed by atoms with Gasteiger partial charge in [-0.2, -0.15) is 0 Å². The molecule has 0 unspecified atom stereocenters. The van der Waals surface area contributed by atoms with E-state index in [1.165, 1.54) is 6.08 Å². The van der Waals surface area contributed by atoms with Gasteiger partial charge < -0.3 is 0 Å². The van der Waals surface area contributed by atoms with Gasteiger partial charge >= 0.3 is 0 Å². The minimum absolute atomic E-state index is 0.255. The van der Waals surface area contributed by atoms with Gasteiger partial charge in [0.1, 0.15) is 0 Å². The highest BCUT2D eigenvalue weighted by atomic mass is 32.2. The third-order valence-electron chi connectivity index (χ3n) is 3.09. The molecule has 0 saturated carbocycles. The summed E-state index contributed by atoms with van der Waals surface area (Å²) in [6.07, 6.45) is 4.23. The van der Waals surface area contributed by atoms with Gasteiger partial charge in [-0.25, -0.2) is 8.42 Å². The molecular formula is C17H17NO3S. The number of benzene rings is 2. The van der Waals surface area contributed by atoms with Crippen LogP contribution in [0.4, 0.5) is 5.69 Å². The molecule has 0 radical (unpaired) electrons. The van der Waals surface area contributed by atoms with Crippen molar-refractivity contribution in [3.63, 3.8) is 0 Å². The van der Waals surface area contributed by atoms with Crippen LogP contribution >= 0.6 is 0 Å². The van der Waals surface area contributed by atoms with Gasteiger partial charge in [0, 0.05) is 5.56 Å². The van der Waals surface area contributed by atoms with Crippen molar-refractivity contribution in [3.8, 4) is 0 Å². The van der Waals surface area contributed by atoms with E-state index in [1.54, 1.807) is 30.3 Å². The van der Waals surface area contributed by atoms with Gasteiger partial charge in [0.05, 0.1) is 11.9 Å². The topological polar surface area (TPSA) is 63.2 Å². The number of ketones is 1. The molecule has 1 N–H and O–H groups in total. The molecule has 114 valence electrons. The fourth-order valence-electron chi connectivity index (χ4n) is 2.02. The van der Waals surface area contributed by atoms with Crippen LogP contribution in [0, 0.1) is 6.92 Å². The number of nitrogens with one attached hydrogen (secondary N) is 1. The second-order valence-electron chi connectivity index (χ2n) is 4.97. The summed E-state index contributed by atoms with van der Waals surface area (Å²) in [5.74, 6) is -0.255. The Morgan fingerprint density at radius 1 is 1.05 bits per heavy atom. The lowest BCUT2D eigenvalue weighted by Crippen LogP contribution is -2.12. The van der Waals surface area contributed by atoms with Crippen LogP contribution in [0.25, 0.3) is 6.08 Å². The number of anilines is 1. The Labute approximate surface area is 130 Å². The van der Waals surface area contributed by atoms with Gasteiger partial charge in [-0.15, -0.1) is 0 Å². The Hall–Kier alpha value is -2.40.